The SMILES string of the molecule is CNC(CCN(C)CCN(C)C)c1cccc(Cl)c1. The minimum absolute atomic E-state index is 0.362. The Morgan fingerprint density at radius 2 is 1.89 bits per heavy atom. The van der Waals surface area contributed by atoms with E-state index in [0.29, 0.717) is 6.04 Å². The molecule has 1 rings (SSSR count). The smallest absolute Gasteiger partial charge is 0.0409 e. The Bertz CT molecular complexity index is 368. The van der Waals surface area contributed by atoms with Gasteiger partial charge in [-0.05, 0) is 58.9 Å². The van der Waals surface area contributed by atoms with Crippen LogP contribution in [0.5, 0.6) is 0 Å². The fourth-order valence-corrected chi connectivity index (χ4v) is 2.23. The van der Waals surface area contributed by atoms with Crippen molar-refractivity contribution in [3.8, 4) is 0 Å². The molecule has 3 nitrogen and oxygen atoms in total. The Morgan fingerprint density at radius 1 is 1.16 bits per heavy atom. The molecule has 0 saturated carbocycles. The topological polar surface area (TPSA) is 18.5 Å². The molecule has 0 aliphatic carbocycles. The Hall–Kier alpha value is -0.610. The minimum Gasteiger partial charge on any atom is -0.313 e. The van der Waals surface area contributed by atoms with Crippen LogP contribution in [0.3, 0.4) is 0 Å². The van der Waals surface area contributed by atoms with Gasteiger partial charge in [-0.15, -0.1) is 0 Å². The monoisotopic (exact) mass is 283 g/mol. The van der Waals surface area contributed by atoms with Gasteiger partial charge in [0.25, 0.3) is 0 Å². The first-order valence-corrected chi connectivity index (χ1v) is 7.16. The zero-order chi connectivity index (χ0) is 14.3. The summed E-state index contributed by atoms with van der Waals surface area (Å²) in [7, 11) is 8.39. The number of hydrogen-bond donors (Lipinski definition) is 1. The van der Waals surface area contributed by atoms with E-state index in [2.05, 4.69) is 42.3 Å². The van der Waals surface area contributed by atoms with Crippen LogP contribution in [-0.2, 0) is 0 Å². The quantitative estimate of drug-likeness (QED) is 0.791. The molecule has 0 amide bonds. The molecule has 19 heavy (non-hydrogen) atoms. The molecular weight excluding hydrogens is 258 g/mol. The standard InChI is InChI=1S/C15H26ClN3/c1-17-15(13-6-5-7-14(16)12-13)8-9-19(4)11-10-18(2)3/h5-7,12,15,17H,8-11H2,1-4H3. The molecule has 0 heterocycles. The number of halogens is 1. The van der Waals surface area contributed by atoms with Gasteiger partial charge in [-0.3, -0.25) is 0 Å². The second kappa shape index (κ2) is 8.54. The number of likely N-dealkylation sites (N-methyl/N-ethyl adjacent to an activating group) is 2. The van der Waals surface area contributed by atoms with Crippen LogP contribution in [0.15, 0.2) is 24.3 Å². The third-order valence-electron chi connectivity index (χ3n) is 3.33. The van der Waals surface area contributed by atoms with E-state index in [1.807, 2.05) is 25.2 Å². The number of nitrogens with one attached hydrogen (secondary N) is 1. The summed E-state index contributed by atoms with van der Waals surface area (Å²) in [5.74, 6) is 0. The van der Waals surface area contributed by atoms with Gasteiger partial charge >= 0.3 is 0 Å². The van der Waals surface area contributed by atoms with Crippen LogP contribution >= 0.6 is 11.6 Å². The molecule has 0 fully saturated rings. The lowest BCUT2D eigenvalue weighted by atomic mass is 10.0. The Labute approximate surface area is 122 Å². The van der Waals surface area contributed by atoms with Crippen molar-refractivity contribution in [2.75, 3.05) is 47.8 Å². The fraction of sp³-hybridized carbons (Fsp3) is 0.600. The fourth-order valence-electron chi connectivity index (χ4n) is 2.03. The van der Waals surface area contributed by atoms with Crippen LogP contribution in [0, 0.1) is 0 Å². The van der Waals surface area contributed by atoms with E-state index in [4.69, 9.17) is 11.6 Å². The molecule has 4 heteroatoms. The third-order valence-corrected chi connectivity index (χ3v) is 3.56. The zero-order valence-electron chi connectivity index (χ0n) is 12.5. The minimum atomic E-state index is 0.362. The summed E-state index contributed by atoms with van der Waals surface area (Å²) >= 11 is 6.05. The van der Waals surface area contributed by atoms with Gasteiger partial charge in [-0.1, -0.05) is 23.7 Å². The first kappa shape index (κ1) is 16.4. The molecule has 0 aliphatic rings. The predicted octanol–water partition coefficient (Wildman–Crippen LogP) is 2.48. The average Bonchev–Trinajstić information content (AvgIpc) is 2.37. The van der Waals surface area contributed by atoms with Crippen molar-refractivity contribution in [1.29, 1.82) is 0 Å². The maximum Gasteiger partial charge on any atom is 0.0409 e. The van der Waals surface area contributed by atoms with Crippen molar-refractivity contribution < 1.29 is 0 Å². The normalized spacial score (nSPS) is 13.2. The Kier molecular flexibility index (Phi) is 7.39. The van der Waals surface area contributed by atoms with E-state index in [9.17, 15) is 0 Å². The molecule has 108 valence electrons. The molecular formula is C15H26ClN3. The van der Waals surface area contributed by atoms with Gasteiger partial charge in [-0.25, -0.2) is 0 Å². The molecule has 0 bridgehead atoms. The van der Waals surface area contributed by atoms with E-state index < -0.39 is 0 Å². The highest BCUT2D eigenvalue weighted by Crippen LogP contribution is 2.20. The molecule has 0 spiro atoms. The van der Waals surface area contributed by atoms with Crippen molar-refractivity contribution in [1.82, 2.24) is 15.1 Å². The van der Waals surface area contributed by atoms with Gasteiger partial charge in [-0.2, -0.15) is 0 Å². The lowest BCUT2D eigenvalue weighted by Crippen LogP contribution is -2.31. The third kappa shape index (κ3) is 6.39. The maximum atomic E-state index is 6.05. The van der Waals surface area contributed by atoms with Crippen LogP contribution in [-0.4, -0.2) is 57.6 Å². The molecule has 1 aromatic rings. The maximum absolute atomic E-state index is 6.05. The summed E-state index contributed by atoms with van der Waals surface area (Å²) in [6, 6.07) is 8.47. The van der Waals surface area contributed by atoms with Gasteiger partial charge < -0.3 is 15.1 Å². The highest BCUT2D eigenvalue weighted by atomic mass is 35.5. The molecule has 1 N–H and O–H groups in total. The van der Waals surface area contributed by atoms with Gasteiger partial charge in [0.05, 0.1) is 0 Å². The summed E-state index contributed by atoms with van der Waals surface area (Å²) in [6.45, 7) is 3.27. The van der Waals surface area contributed by atoms with Gasteiger partial charge in [0.2, 0.25) is 0 Å². The van der Waals surface area contributed by atoms with Crippen molar-refractivity contribution in [2.24, 2.45) is 0 Å². The summed E-state index contributed by atoms with van der Waals surface area (Å²) in [5.41, 5.74) is 1.26. The van der Waals surface area contributed by atoms with E-state index in [0.717, 1.165) is 31.1 Å². The van der Waals surface area contributed by atoms with Crippen LogP contribution < -0.4 is 5.32 Å². The summed E-state index contributed by atoms with van der Waals surface area (Å²) < 4.78 is 0. The number of nitrogens with zero attached hydrogens (tertiary/aromatic N) is 2. The number of rotatable bonds is 8. The van der Waals surface area contributed by atoms with Crippen LogP contribution in [0.25, 0.3) is 0 Å². The molecule has 0 radical (unpaired) electrons. The molecule has 1 unspecified atom stereocenters. The van der Waals surface area contributed by atoms with E-state index in [1.54, 1.807) is 0 Å². The van der Waals surface area contributed by atoms with Gasteiger partial charge in [0.1, 0.15) is 0 Å². The molecule has 1 atom stereocenters. The highest BCUT2D eigenvalue weighted by Gasteiger charge is 2.10. The second-order valence-corrected chi connectivity index (χ2v) is 5.73. The summed E-state index contributed by atoms with van der Waals surface area (Å²) in [5, 5.41) is 4.17. The second-order valence-electron chi connectivity index (χ2n) is 5.29. The first-order chi connectivity index (χ1) is 9.02. The van der Waals surface area contributed by atoms with Crippen molar-refractivity contribution >= 4 is 11.6 Å². The molecule has 0 aromatic heterocycles. The number of hydrogen-bond acceptors (Lipinski definition) is 3. The average molecular weight is 284 g/mol. The molecule has 0 saturated heterocycles. The highest BCUT2D eigenvalue weighted by molar-refractivity contribution is 6.30. The lowest BCUT2D eigenvalue weighted by molar-refractivity contribution is 0.270. The van der Waals surface area contributed by atoms with E-state index in [1.165, 1.54) is 5.56 Å². The van der Waals surface area contributed by atoms with Crippen LogP contribution in [0.4, 0.5) is 0 Å². The van der Waals surface area contributed by atoms with Gasteiger partial charge in [0, 0.05) is 24.2 Å². The largest absolute Gasteiger partial charge is 0.313 e. The molecule has 1 aromatic carbocycles. The van der Waals surface area contributed by atoms with Crippen LogP contribution in [0.2, 0.25) is 5.02 Å². The predicted molar refractivity (Wildman–Crippen MR) is 83.9 cm³/mol. The van der Waals surface area contributed by atoms with Crippen molar-refractivity contribution in [3.63, 3.8) is 0 Å². The van der Waals surface area contributed by atoms with Crippen LogP contribution in [0.1, 0.15) is 18.0 Å². The Balaban J connectivity index is 2.44. The number of benzene rings is 1. The van der Waals surface area contributed by atoms with Crippen molar-refractivity contribution in [2.45, 2.75) is 12.5 Å². The zero-order valence-corrected chi connectivity index (χ0v) is 13.2. The summed E-state index contributed by atoms with van der Waals surface area (Å²) in [4.78, 5) is 4.58. The van der Waals surface area contributed by atoms with E-state index >= 15 is 0 Å². The Morgan fingerprint density at radius 3 is 2.47 bits per heavy atom. The van der Waals surface area contributed by atoms with Crippen molar-refractivity contribution in [3.05, 3.63) is 34.9 Å². The van der Waals surface area contributed by atoms with Gasteiger partial charge in [0.15, 0.2) is 0 Å². The first-order valence-electron chi connectivity index (χ1n) is 6.79. The lowest BCUT2D eigenvalue weighted by Gasteiger charge is -2.23. The summed E-state index contributed by atoms with van der Waals surface area (Å²) in [6.07, 6.45) is 1.08. The molecule has 0 aliphatic heterocycles. The van der Waals surface area contributed by atoms with E-state index in [-0.39, 0.29) is 0 Å².